The molecule has 0 atom stereocenters. The molecule has 6 aromatic rings. The Labute approximate surface area is 225 Å². The molecule has 0 bridgehead atoms. The van der Waals surface area contributed by atoms with E-state index < -0.39 is 0 Å². The van der Waals surface area contributed by atoms with Crippen LogP contribution in [0.4, 0.5) is 0 Å². The summed E-state index contributed by atoms with van der Waals surface area (Å²) in [5, 5.41) is 2.34. The van der Waals surface area contributed by atoms with E-state index in [4.69, 9.17) is 9.47 Å². The second kappa shape index (κ2) is 9.32. The number of aromatic nitrogens is 2. The van der Waals surface area contributed by atoms with E-state index in [2.05, 4.69) is 52.1 Å². The van der Waals surface area contributed by atoms with Gasteiger partial charge in [-0.15, -0.1) is 0 Å². The molecule has 7 heteroatoms. The first-order valence-corrected chi connectivity index (χ1v) is 13.4. The van der Waals surface area contributed by atoms with Gasteiger partial charge in [0.25, 0.3) is 5.56 Å². The summed E-state index contributed by atoms with van der Waals surface area (Å²) in [5.41, 5.74) is 5.84. The van der Waals surface area contributed by atoms with Crippen molar-refractivity contribution >= 4 is 60.1 Å². The lowest BCUT2D eigenvalue weighted by Crippen LogP contribution is -2.22. The van der Waals surface area contributed by atoms with Crippen molar-refractivity contribution in [3.8, 4) is 11.5 Å². The van der Waals surface area contributed by atoms with Gasteiger partial charge in [-0.25, -0.2) is 9.38 Å². The number of thiazole rings is 1. The van der Waals surface area contributed by atoms with Crippen LogP contribution in [0.3, 0.4) is 0 Å². The van der Waals surface area contributed by atoms with Gasteiger partial charge < -0.3 is 9.47 Å². The molecule has 0 amide bonds. The highest BCUT2D eigenvalue weighted by molar-refractivity contribution is 9.10. The molecule has 0 aliphatic rings. The van der Waals surface area contributed by atoms with Gasteiger partial charge in [-0.05, 0) is 93.1 Å². The molecule has 37 heavy (non-hydrogen) atoms. The maximum atomic E-state index is 13.3. The number of benzene rings is 4. The van der Waals surface area contributed by atoms with E-state index in [1.165, 1.54) is 16.7 Å². The standard InChI is InChI=1S/C30H23BrN2O3S/c1-17-11-24-25(12-18(17)2)33-29(34)27(37-30(33)32-24)15-19-13-23(31)28(26(14-19)35-3)36-16-21-9-6-8-20-7-4-5-10-22(20)21/h4-15H,16H2,1-3H3/b27-15+. The van der Waals surface area contributed by atoms with E-state index in [0.717, 1.165) is 43.1 Å². The first kappa shape index (κ1) is 23.7. The van der Waals surface area contributed by atoms with Gasteiger partial charge in [0.05, 0.1) is 27.1 Å². The van der Waals surface area contributed by atoms with Crippen LogP contribution in [0.25, 0.3) is 32.8 Å². The van der Waals surface area contributed by atoms with E-state index in [1.54, 1.807) is 11.5 Å². The fraction of sp³-hybridized carbons (Fsp3) is 0.133. The van der Waals surface area contributed by atoms with E-state index in [9.17, 15) is 4.79 Å². The van der Waals surface area contributed by atoms with Gasteiger partial charge in [0, 0.05) is 0 Å². The van der Waals surface area contributed by atoms with Gasteiger partial charge in [-0.1, -0.05) is 53.8 Å². The Hall–Kier alpha value is -3.68. The minimum atomic E-state index is -0.0721. The van der Waals surface area contributed by atoms with Crippen LogP contribution in [0.15, 0.2) is 76.0 Å². The molecule has 6 rings (SSSR count). The van der Waals surface area contributed by atoms with Crippen molar-refractivity contribution in [1.82, 2.24) is 9.38 Å². The van der Waals surface area contributed by atoms with Crippen LogP contribution in [-0.2, 0) is 6.61 Å². The van der Waals surface area contributed by atoms with Gasteiger partial charge >= 0.3 is 0 Å². The molecule has 2 heterocycles. The van der Waals surface area contributed by atoms with Gasteiger partial charge in [0.2, 0.25) is 0 Å². The molecule has 0 aliphatic carbocycles. The monoisotopic (exact) mass is 570 g/mol. The second-order valence-electron chi connectivity index (χ2n) is 9.03. The van der Waals surface area contributed by atoms with Crippen LogP contribution in [0.1, 0.15) is 22.3 Å². The molecule has 0 radical (unpaired) electrons. The summed E-state index contributed by atoms with van der Waals surface area (Å²) in [6, 6.07) is 22.3. The number of fused-ring (bicyclic) bond motifs is 4. The Morgan fingerprint density at radius 2 is 1.81 bits per heavy atom. The molecule has 0 unspecified atom stereocenters. The number of hydrogen-bond donors (Lipinski definition) is 0. The van der Waals surface area contributed by atoms with Gasteiger partial charge in [-0.2, -0.15) is 0 Å². The molecule has 0 aliphatic heterocycles. The normalized spacial score (nSPS) is 12.2. The topological polar surface area (TPSA) is 52.8 Å². The zero-order valence-corrected chi connectivity index (χ0v) is 22.9. The molecule has 0 saturated heterocycles. The number of ether oxygens (including phenoxy) is 2. The maximum absolute atomic E-state index is 13.3. The average Bonchev–Trinajstić information content (AvgIpc) is 3.38. The van der Waals surface area contributed by atoms with Crippen LogP contribution >= 0.6 is 27.3 Å². The summed E-state index contributed by atoms with van der Waals surface area (Å²) in [6.45, 7) is 4.50. The number of halogens is 1. The van der Waals surface area contributed by atoms with Crippen LogP contribution in [0, 0.1) is 13.8 Å². The Balaban J connectivity index is 1.37. The van der Waals surface area contributed by atoms with Crippen molar-refractivity contribution in [2.45, 2.75) is 20.5 Å². The summed E-state index contributed by atoms with van der Waals surface area (Å²) < 4.78 is 15.0. The number of methoxy groups -OCH3 is 1. The van der Waals surface area contributed by atoms with Crippen molar-refractivity contribution in [2.75, 3.05) is 7.11 Å². The molecule has 0 fully saturated rings. The number of aryl methyl sites for hydroxylation is 2. The summed E-state index contributed by atoms with van der Waals surface area (Å²) in [4.78, 5) is 18.7. The highest BCUT2D eigenvalue weighted by Gasteiger charge is 2.15. The summed E-state index contributed by atoms with van der Waals surface area (Å²) in [5.74, 6) is 1.21. The number of rotatable bonds is 5. The van der Waals surface area contributed by atoms with Gasteiger partial charge in [0.1, 0.15) is 6.61 Å². The Morgan fingerprint density at radius 3 is 2.65 bits per heavy atom. The average molecular weight is 571 g/mol. The van der Waals surface area contributed by atoms with Crippen molar-refractivity contribution in [3.05, 3.63) is 108 Å². The molecule has 184 valence electrons. The van der Waals surface area contributed by atoms with E-state index in [1.807, 2.05) is 55.5 Å². The highest BCUT2D eigenvalue weighted by Crippen LogP contribution is 2.38. The summed E-state index contributed by atoms with van der Waals surface area (Å²) in [7, 11) is 1.62. The van der Waals surface area contributed by atoms with Crippen LogP contribution < -0.4 is 19.6 Å². The molecule has 4 aromatic carbocycles. The SMILES string of the molecule is COc1cc(/C=c2/sc3nc4cc(C)c(C)cc4n3c2=O)cc(Br)c1OCc1cccc2ccccc12. The van der Waals surface area contributed by atoms with Crippen molar-refractivity contribution < 1.29 is 9.47 Å². The van der Waals surface area contributed by atoms with Crippen molar-refractivity contribution in [2.24, 2.45) is 0 Å². The minimum absolute atomic E-state index is 0.0721. The quantitative estimate of drug-likeness (QED) is 0.235. The lowest BCUT2D eigenvalue weighted by molar-refractivity contribution is 0.283. The summed E-state index contributed by atoms with van der Waals surface area (Å²) >= 11 is 5.04. The van der Waals surface area contributed by atoms with Crippen molar-refractivity contribution in [1.29, 1.82) is 0 Å². The number of nitrogens with zero attached hydrogens (tertiary/aromatic N) is 2. The second-order valence-corrected chi connectivity index (χ2v) is 10.9. The van der Waals surface area contributed by atoms with Gasteiger partial charge in [-0.3, -0.25) is 4.79 Å². The lowest BCUT2D eigenvalue weighted by atomic mass is 10.1. The molecule has 0 saturated carbocycles. The highest BCUT2D eigenvalue weighted by atomic mass is 79.9. The minimum Gasteiger partial charge on any atom is -0.493 e. The van der Waals surface area contributed by atoms with E-state index >= 15 is 0 Å². The predicted molar refractivity (Wildman–Crippen MR) is 154 cm³/mol. The third kappa shape index (κ3) is 4.18. The molecule has 0 N–H and O–H groups in total. The third-order valence-electron chi connectivity index (χ3n) is 6.66. The van der Waals surface area contributed by atoms with Crippen LogP contribution in [0.5, 0.6) is 11.5 Å². The Kier molecular flexibility index (Phi) is 5.97. The third-order valence-corrected chi connectivity index (χ3v) is 8.21. The number of hydrogen-bond acceptors (Lipinski definition) is 5. The first-order chi connectivity index (χ1) is 17.9. The van der Waals surface area contributed by atoms with E-state index in [0.29, 0.717) is 27.6 Å². The largest absolute Gasteiger partial charge is 0.493 e. The van der Waals surface area contributed by atoms with E-state index in [-0.39, 0.29) is 5.56 Å². The van der Waals surface area contributed by atoms with Crippen LogP contribution in [-0.4, -0.2) is 16.5 Å². The number of imidazole rings is 1. The fourth-order valence-corrected chi connectivity index (χ4v) is 6.16. The lowest BCUT2D eigenvalue weighted by Gasteiger charge is -2.14. The molecule has 2 aromatic heterocycles. The molecular formula is C30H23BrN2O3S. The zero-order chi connectivity index (χ0) is 25.7. The Bertz CT molecular complexity index is 1940. The van der Waals surface area contributed by atoms with Crippen molar-refractivity contribution in [3.63, 3.8) is 0 Å². The summed E-state index contributed by atoms with van der Waals surface area (Å²) in [6.07, 6.45) is 1.87. The zero-order valence-electron chi connectivity index (χ0n) is 20.5. The molecular weight excluding hydrogens is 548 g/mol. The van der Waals surface area contributed by atoms with Crippen LogP contribution in [0.2, 0.25) is 0 Å². The first-order valence-electron chi connectivity index (χ1n) is 11.8. The van der Waals surface area contributed by atoms with Gasteiger partial charge in [0.15, 0.2) is 16.5 Å². The smallest absolute Gasteiger partial charge is 0.274 e. The molecule has 0 spiro atoms. The maximum Gasteiger partial charge on any atom is 0.274 e. The Morgan fingerprint density at radius 1 is 1.03 bits per heavy atom. The predicted octanol–water partition coefficient (Wildman–Crippen LogP) is 6.58. The molecule has 5 nitrogen and oxygen atoms in total. The fourth-order valence-electron chi connectivity index (χ4n) is 4.60.